The fourth-order valence-corrected chi connectivity index (χ4v) is 3.71. The molecular weight excluding hydrogens is 312 g/mol. The maximum Gasteiger partial charge on any atom is 0.272 e. The topological polar surface area (TPSA) is 71.4 Å². The maximum atomic E-state index is 12.3. The zero-order valence-corrected chi connectivity index (χ0v) is 12.8. The lowest BCUT2D eigenvalue weighted by Crippen LogP contribution is -2.15. The average molecular weight is 324 g/mol. The molecule has 0 aliphatic heterocycles. The van der Waals surface area contributed by atoms with Gasteiger partial charge < -0.3 is 0 Å². The Balaban J connectivity index is 2.09. The van der Waals surface area contributed by atoms with Crippen molar-refractivity contribution in [2.45, 2.75) is 0 Å². The van der Waals surface area contributed by atoms with Crippen molar-refractivity contribution in [3.63, 3.8) is 0 Å². The molecule has 0 amide bonds. The van der Waals surface area contributed by atoms with Gasteiger partial charge in [0.2, 0.25) is 0 Å². The molecule has 0 radical (unpaired) electrons. The van der Waals surface area contributed by atoms with Crippen LogP contribution in [0.2, 0.25) is 0 Å². The molecule has 5 heteroatoms. The molecule has 0 aromatic heterocycles. The van der Waals surface area contributed by atoms with Crippen LogP contribution in [0.4, 0.5) is 0 Å². The van der Waals surface area contributed by atoms with Gasteiger partial charge in [0.1, 0.15) is 5.75 Å². The molecule has 0 aliphatic rings. The summed E-state index contributed by atoms with van der Waals surface area (Å²) >= 11 is 0. The number of rotatable bonds is 3. The van der Waals surface area contributed by atoms with E-state index in [1.165, 1.54) is 0 Å². The second-order valence-corrected chi connectivity index (χ2v) is 7.07. The standard InChI is InChI=1S/C18H12O4S/c19-16(10-23(20,21)22)14-8-6-13-5-4-11-2-1-3-12-7-9-15(14)18(13)17(11)12/h1-9H,10H2,(H,20,21,22). The number of ketones is 1. The average Bonchev–Trinajstić information content (AvgIpc) is 2.50. The van der Waals surface area contributed by atoms with E-state index < -0.39 is 21.7 Å². The molecule has 114 valence electrons. The summed E-state index contributed by atoms with van der Waals surface area (Å²) in [6.07, 6.45) is 0. The summed E-state index contributed by atoms with van der Waals surface area (Å²) in [5.41, 5.74) is 0.313. The molecule has 4 nitrogen and oxygen atoms in total. The van der Waals surface area contributed by atoms with E-state index in [1.54, 1.807) is 6.07 Å². The van der Waals surface area contributed by atoms with Gasteiger partial charge in [-0.2, -0.15) is 8.42 Å². The highest BCUT2D eigenvalue weighted by Gasteiger charge is 2.19. The van der Waals surface area contributed by atoms with Crippen LogP contribution in [0.3, 0.4) is 0 Å². The molecule has 0 atom stereocenters. The lowest BCUT2D eigenvalue weighted by Gasteiger charge is -2.13. The molecule has 0 spiro atoms. The first-order valence-corrected chi connectivity index (χ1v) is 8.70. The van der Waals surface area contributed by atoms with E-state index >= 15 is 0 Å². The first kappa shape index (κ1) is 14.1. The second kappa shape index (κ2) is 4.75. The predicted octanol–water partition coefficient (Wildman–Crippen LogP) is 3.65. The van der Waals surface area contributed by atoms with Gasteiger partial charge in [0.05, 0.1) is 0 Å². The van der Waals surface area contributed by atoms with Crippen LogP contribution in [0.5, 0.6) is 0 Å². The molecule has 23 heavy (non-hydrogen) atoms. The minimum atomic E-state index is -4.35. The van der Waals surface area contributed by atoms with Crippen molar-refractivity contribution >= 4 is 48.2 Å². The fourth-order valence-electron chi connectivity index (χ4n) is 3.22. The summed E-state index contributed by atoms with van der Waals surface area (Å²) in [6, 6.07) is 17.2. The number of hydrogen-bond donors (Lipinski definition) is 1. The summed E-state index contributed by atoms with van der Waals surface area (Å²) in [5.74, 6) is -1.51. The Hall–Kier alpha value is -2.50. The second-order valence-electron chi connectivity index (χ2n) is 5.62. The Morgan fingerprint density at radius 3 is 2.04 bits per heavy atom. The van der Waals surface area contributed by atoms with Gasteiger partial charge in [0, 0.05) is 5.56 Å². The molecule has 1 N–H and O–H groups in total. The Bertz CT molecular complexity index is 1160. The van der Waals surface area contributed by atoms with Gasteiger partial charge in [-0.15, -0.1) is 0 Å². The third-order valence-corrected chi connectivity index (χ3v) is 4.77. The van der Waals surface area contributed by atoms with Crippen molar-refractivity contribution in [2.24, 2.45) is 0 Å². The molecule has 0 bridgehead atoms. The zero-order chi connectivity index (χ0) is 16.2. The predicted molar refractivity (Wildman–Crippen MR) is 90.9 cm³/mol. The van der Waals surface area contributed by atoms with E-state index in [4.69, 9.17) is 4.55 Å². The Labute approximate surface area is 132 Å². The van der Waals surface area contributed by atoms with Crippen molar-refractivity contribution in [3.05, 3.63) is 60.2 Å². The van der Waals surface area contributed by atoms with E-state index in [2.05, 4.69) is 0 Å². The van der Waals surface area contributed by atoms with E-state index in [0.717, 1.165) is 26.9 Å². The van der Waals surface area contributed by atoms with Crippen LogP contribution in [0, 0.1) is 0 Å². The zero-order valence-electron chi connectivity index (χ0n) is 12.0. The molecule has 0 heterocycles. The van der Waals surface area contributed by atoms with Gasteiger partial charge in [0.25, 0.3) is 10.1 Å². The highest BCUT2D eigenvalue weighted by Crippen LogP contribution is 2.35. The summed E-state index contributed by atoms with van der Waals surface area (Å²) in [5, 5.41) is 5.85. The van der Waals surface area contributed by atoms with Gasteiger partial charge in [-0.05, 0) is 32.3 Å². The van der Waals surface area contributed by atoms with Crippen LogP contribution in [-0.2, 0) is 10.1 Å². The largest absolute Gasteiger partial charge is 0.293 e. The van der Waals surface area contributed by atoms with Crippen LogP contribution < -0.4 is 0 Å². The minimum absolute atomic E-state index is 0.313. The van der Waals surface area contributed by atoms with Crippen molar-refractivity contribution in [2.75, 3.05) is 5.75 Å². The number of benzene rings is 4. The smallest absolute Gasteiger partial charge is 0.272 e. The Kier molecular flexibility index (Phi) is 2.91. The highest BCUT2D eigenvalue weighted by molar-refractivity contribution is 7.86. The molecule has 4 aromatic carbocycles. The summed E-state index contributed by atoms with van der Waals surface area (Å²) in [7, 11) is -4.35. The first-order valence-electron chi connectivity index (χ1n) is 7.09. The fraction of sp³-hybridized carbons (Fsp3) is 0.0556. The summed E-state index contributed by atoms with van der Waals surface area (Å²) < 4.78 is 31.0. The SMILES string of the molecule is O=C(CS(=O)(=O)O)c1ccc2ccc3cccc4ccc1c2c34. The van der Waals surface area contributed by atoms with Crippen LogP contribution in [0.25, 0.3) is 32.3 Å². The first-order chi connectivity index (χ1) is 10.9. The van der Waals surface area contributed by atoms with Crippen molar-refractivity contribution in [3.8, 4) is 0 Å². The Morgan fingerprint density at radius 1 is 0.826 bits per heavy atom. The normalized spacial score (nSPS) is 12.4. The van der Waals surface area contributed by atoms with Crippen molar-refractivity contribution < 1.29 is 17.8 Å². The van der Waals surface area contributed by atoms with Gasteiger partial charge in [-0.1, -0.05) is 54.6 Å². The van der Waals surface area contributed by atoms with E-state index in [0.29, 0.717) is 10.9 Å². The molecule has 4 aromatic rings. The lowest BCUT2D eigenvalue weighted by atomic mass is 9.91. The van der Waals surface area contributed by atoms with Crippen LogP contribution in [-0.4, -0.2) is 24.5 Å². The molecule has 0 saturated heterocycles. The van der Waals surface area contributed by atoms with Gasteiger partial charge in [-0.25, -0.2) is 0 Å². The molecule has 0 fully saturated rings. The quantitative estimate of drug-likeness (QED) is 0.355. The third-order valence-electron chi connectivity index (χ3n) is 4.14. The molecule has 4 rings (SSSR count). The number of hydrogen-bond acceptors (Lipinski definition) is 3. The third kappa shape index (κ3) is 2.25. The molecule has 0 aliphatic carbocycles. The molecular formula is C18H12O4S. The van der Waals surface area contributed by atoms with E-state index in [9.17, 15) is 13.2 Å². The molecule has 0 saturated carbocycles. The van der Waals surface area contributed by atoms with Gasteiger partial charge in [0.15, 0.2) is 5.78 Å². The summed E-state index contributed by atoms with van der Waals surface area (Å²) in [6.45, 7) is 0. The maximum absolute atomic E-state index is 12.3. The lowest BCUT2D eigenvalue weighted by molar-refractivity contribution is 0.102. The summed E-state index contributed by atoms with van der Waals surface area (Å²) in [4.78, 5) is 12.3. The van der Waals surface area contributed by atoms with Crippen LogP contribution in [0.15, 0.2) is 54.6 Å². The monoisotopic (exact) mass is 324 g/mol. The number of Topliss-reactive ketones (excluding diaryl/α,β-unsaturated/α-hetero) is 1. The van der Waals surface area contributed by atoms with Crippen molar-refractivity contribution in [1.82, 2.24) is 0 Å². The molecule has 0 unspecified atom stereocenters. The van der Waals surface area contributed by atoms with Crippen molar-refractivity contribution in [1.29, 1.82) is 0 Å². The van der Waals surface area contributed by atoms with E-state index in [-0.39, 0.29) is 0 Å². The number of carbonyl (C=O) groups is 1. The number of carbonyl (C=O) groups excluding carboxylic acids is 1. The minimum Gasteiger partial charge on any atom is -0.293 e. The van der Waals surface area contributed by atoms with Gasteiger partial charge >= 0.3 is 0 Å². The van der Waals surface area contributed by atoms with Crippen LogP contribution >= 0.6 is 0 Å². The Morgan fingerprint density at radius 2 is 1.39 bits per heavy atom. The van der Waals surface area contributed by atoms with E-state index in [1.807, 2.05) is 48.5 Å². The van der Waals surface area contributed by atoms with Crippen LogP contribution in [0.1, 0.15) is 10.4 Å². The highest BCUT2D eigenvalue weighted by atomic mass is 32.2. The van der Waals surface area contributed by atoms with Gasteiger partial charge in [-0.3, -0.25) is 9.35 Å².